The molecule has 0 spiro atoms. The molecular formula is C17H24N2O6. The fraction of sp³-hybridized carbons (Fsp3) is 0.471. The predicted octanol–water partition coefficient (Wildman–Crippen LogP) is 2.28. The monoisotopic (exact) mass is 352 g/mol. The first-order chi connectivity index (χ1) is 11.5. The Balaban J connectivity index is 2.54. The van der Waals surface area contributed by atoms with Gasteiger partial charge in [0.05, 0.1) is 6.54 Å². The molecule has 1 aromatic rings. The number of benzene rings is 1. The van der Waals surface area contributed by atoms with Gasteiger partial charge in [0.2, 0.25) is 0 Å². The molecule has 3 N–H and O–H groups in total. The smallest absolute Gasteiger partial charge is 0.408 e. The molecule has 1 atom stereocenters. The lowest BCUT2D eigenvalue weighted by Crippen LogP contribution is -2.59. The number of carbonyl (C=O) groups excluding carboxylic acids is 2. The van der Waals surface area contributed by atoms with Crippen LogP contribution >= 0.6 is 0 Å². The number of amides is 2. The molecule has 25 heavy (non-hydrogen) atoms. The molecule has 0 aromatic heterocycles. The fourth-order valence-corrected chi connectivity index (χ4v) is 1.73. The van der Waals surface area contributed by atoms with E-state index in [0.717, 1.165) is 5.56 Å². The molecule has 1 rings (SSSR count). The van der Waals surface area contributed by atoms with Gasteiger partial charge in [-0.1, -0.05) is 30.3 Å². The molecule has 0 aliphatic rings. The molecule has 8 nitrogen and oxygen atoms in total. The van der Waals surface area contributed by atoms with Crippen LogP contribution in [0.5, 0.6) is 0 Å². The van der Waals surface area contributed by atoms with Crippen molar-refractivity contribution < 1.29 is 29.0 Å². The highest BCUT2D eigenvalue weighted by Gasteiger charge is 2.37. The number of hydrogen-bond donors (Lipinski definition) is 3. The molecule has 0 aliphatic carbocycles. The van der Waals surface area contributed by atoms with Gasteiger partial charge < -0.3 is 25.2 Å². The maximum absolute atomic E-state index is 11.8. The van der Waals surface area contributed by atoms with Gasteiger partial charge >= 0.3 is 18.2 Å². The van der Waals surface area contributed by atoms with Crippen molar-refractivity contribution in [1.29, 1.82) is 0 Å². The Morgan fingerprint density at radius 1 is 1.04 bits per heavy atom. The van der Waals surface area contributed by atoms with Crippen LogP contribution in [0.1, 0.15) is 33.3 Å². The van der Waals surface area contributed by atoms with Gasteiger partial charge in [-0.25, -0.2) is 14.4 Å². The number of carbonyl (C=O) groups is 3. The summed E-state index contributed by atoms with van der Waals surface area (Å²) in [7, 11) is 0. The van der Waals surface area contributed by atoms with Crippen LogP contribution in [-0.4, -0.2) is 40.9 Å². The van der Waals surface area contributed by atoms with E-state index in [-0.39, 0.29) is 13.2 Å². The van der Waals surface area contributed by atoms with Crippen LogP contribution in [0.4, 0.5) is 9.59 Å². The van der Waals surface area contributed by atoms with Crippen molar-refractivity contribution in [3.8, 4) is 0 Å². The number of nitrogens with one attached hydrogen (secondary N) is 2. The Kier molecular flexibility index (Phi) is 6.78. The van der Waals surface area contributed by atoms with E-state index in [1.54, 1.807) is 32.9 Å². The summed E-state index contributed by atoms with van der Waals surface area (Å²) >= 11 is 0. The highest BCUT2D eigenvalue weighted by molar-refractivity contribution is 5.85. The van der Waals surface area contributed by atoms with Gasteiger partial charge in [-0.05, 0) is 33.3 Å². The molecule has 0 radical (unpaired) electrons. The number of aliphatic carboxylic acids is 1. The minimum atomic E-state index is -1.74. The summed E-state index contributed by atoms with van der Waals surface area (Å²) < 4.78 is 10.0. The molecule has 0 saturated heterocycles. The number of carboxylic acid groups (broad SMARTS) is 1. The minimum absolute atomic E-state index is 0.0515. The van der Waals surface area contributed by atoms with Crippen LogP contribution in [-0.2, 0) is 20.9 Å². The second-order valence-corrected chi connectivity index (χ2v) is 6.68. The largest absolute Gasteiger partial charge is 0.479 e. The highest BCUT2D eigenvalue weighted by atomic mass is 16.6. The van der Waals surface area contributed by atoms with Crippen LogP contribution in [0.25, 0.3) is 0 Å². The highest BCUT2D eigenvalue weighted by Crippen LogP contribution is 2.10. The average molecular weight is 352 g/mol. The van der Waals surface area contributed by atoms with Gasteiger partial charge in [0.1, 0.15) is 12.2 Å². The van der Waals surface area contributed by atoms with E-state index in [0.29, 0.717) is 0 Å². The minimum Gasteiger partial charge on any atom is -0.479 e. The van der Waals surface area contributed by atoms with E-state index in [1.807, 2.05) is 18.2 Å². The zero-order chi connectivity index (χ0) is 19.1. The lowest BCUT2D eigenvalue weighted by atomic mass is 10.0. The first-order valence-electron chi connectivity index (χ1n) is 7.71. The zero-order valence-corrected chi connectivity index (χ0v) is 14.8. The van der Waals surface area contributed by atoms with Crippen molar-refractivity contribution >= 4 is 18.2 Å². The Labute approximate surface area is 146 Å². The summed E-state index contributed by atoms with van der Waals surface area (Å²) in [4.78, 5) is 35.0. The van der Waals surface area contributed by atoms with E-state index in [4.69, 9.17) is 9.47 Å². The topological polar surface area (TPSA) is 114 Å². The van der Waals surface area contributed by atoms with Gasteiger partial charge in [-0.2, -0.15) is 0 Å². The Morgan fingerprint density at radius 2 is 1.64 bits per heavy atom. The Bertz CT molecular complexity index is 611. The van der Waals surface area contributed by atoms with Crippen molar-refractivity contribution in [1.82, 2.24) is 10.6 Å². The van der Waals surface area contributed by atoms with Crippen LogP contribution in [0.15, 0.2) is 30.3 Å². The molecule has 1 aromatic carbocycles. The average Bonchev–Trinajstić information content (AvgIpc) is 2.50. The first kappa shape index (κ1) is 20.3. The maximum atomic E-state index is 11.8. The molecule has 8 heteroatoms. The molecule has 138 valence electrons. The number of ether oxygens (including phenoxy) is 2. The molecule has 0 fully saturated rings. The summed E-state index contributed by atoms with van der Waals surface area (Å²) in [6, 6.07) is 9.04. The second kappa shape index (κ2) is 8.36. The maximum Gasteiger partial charge on any atom is 0.408 e. The predicted molar refractivity (Wildman–Crippen MR) is 90.0 cm³/mol. The van der Waals surface area contributed by atoms with E-state index in [9.17, 15) is 19.5 Å². The molecule has 0 heterocycles. The lowest BCUT2D eigenvalue weighted by Gasteiger charge is -2.28. The normalized spacial score (nSPS) is 13.3. The summed E-state index contributed by atoms with van der Waals surface area (Å²) in [6.07, 6.45) is -1.68. The summed E-state index contributed by atoms with van der Waals surface area (Å²) in [5.74, 6) is -1.32. The Morgan fingerprint density at radius 3 is 2.16 bits per heavy atom. The fourth-order valence-electron chi connectivity index (χ4n) is 1.73. The number of carboxylic acids is 1. The third-order valence-electron chi connectivity index (χ3n) is 3.05. The third-order valence-corrected chi connectivity index (χ3v) is 3.05. The van der Waals surface area contributed by atoms with Gasteiger partial charge in [0.25, 0.3) is 0 Å². The summed E-state index contributed by atoms with van der Waals surface area (Å²) in [6.45, 7) is 5.92. The van der Waals surface area contributed by atoms with Gasteiger partial charge in [0, 0.05) is 0 Å². The van der Waals surface area contributed by atoms with Crippen LogP contribution in [0.2, 0.25) is 0 Å². The number of alkyl carbamates (subject to hydrolysis) is 2. The van der Waals surface area contributed by atoms with Crippen molar-refractivity contribution in [2.45, 2.75) is 45.4 Å². The van der Waals surface area contributed by atoms with E-state index >= 15 is 0 Å². The van der Waals surface area contributed by atoms with Crippen molar-refractivity contribution in [3.05, 3.63) is 35.9 Å². The molecule has 0 unspecified atom stereocenters. The standard InChI is InChI=1S/C17H24N2O6/c1-16(2,3)25-15(23)19-17(4,13(20)21)11-18-14(22)24-10-12-8-6-5-7-9-12/h5-9H,10-11H2,1-4H3,(H,18,22)(H,19,23)(H,20,21)/t17-/m0/s1. The van der Waals surface area contributed by atoms with Gasteiger partial charge in [-0.15, -0.1) is 0 Å². The molecule has 0 aliphatic heterocycles. The molecule has 0 saturated carbocycles. The summed E-state index contributed by atoms with van der Waals surface area (Å²) in [5, 5.41) is 13.9. The lowest BCUT2D eigenvalue weighted by molar-refractivity contribution is -0.143. The van der Waals surface area contributed by atoms with E-state index < -0.39 is 29.3 Å². The van der Waals surface area contributed by atoms with Crippen molar-refractivity contribution in [2.24, 2.45) is 0 Å². The van der Waals surface area contributed by atoms with Crippen molar-refractivity contribution in [3.63, 3.8) is 0 Å². The van der Waals surface area contributed by atoms with Crippen LogP contribution in [0, 0.1) is 0 Å². The molecule has 2 amide bonds. The SMILES string of the molecule is CC(C)(C)OC(=O)N[C@@](C)(CNC(=O)OCc1ccccc1)C(=O)O. The second-order valence-electron chi connectivity index (χ2n) is 6.68. The third kappa shape index (κ3) is 7.56. The van der Waals surface area contributed by atoms with E-state index in [2.05, 4.69) is 10.6 Å². The number of hydrogen-bond acceptors (Lipinski definition) is 5. The quantitative estimate of drug-likeness (QED) is 0.724. The first-order valence-corrected chi connectivity index (χ1v) is 7.71. The van der Waals surface area contributed by atoms with Crippen LogP contribution in [0.3, 0.4) is 0 Å². The number of rotatable bonds is 6. The molecule has 0 bridgehead atoms. The molecular weight excluding hydrogens is 328 g/mol. The van der Waals surface area contributed by atoms with Crippen LogP contribution < -0.4 is 10.6 Å². The zero-order valence-electron chi connectivity index (χ0n) is 14.8. The van der Waals surface area contributed by atoms with Gasteiger partial charge in [-0.3, -0.25) is 0 Å². The van der Waals surface area contributed by atoms with E-state index in [1.165, 1.54) is 6.92 Å². The Hall–Kier alpha value is -2.77. The summed E-state index contributed by atoms with van der Waals surface area (Å²) in [5.41, 5.74) is -1.72. The van der Waals surface area contributed by atoms with Crippen molar-refractivity contribution in [2.75, 3.05) is 6.54 Å². The van der Waals surface area contributed by atoms with Gasteiger partial charge in [0.15, 0.2) is 5.54 Å².